The van der Waals surface area contributed by atoms with Gasteiger partial charge in [-0.05, 0) is 39.3 Å². The monoisotopic (exact) mass is 264 g/mol. The number of aryl methyl sites for hydroxylation is 1. The fourth-order valence-corrected chi connectivity index (χ4v) is 2.77. The van der Waals surface area contributed by atoms with Gasteiger partial charge in [-0.3, -0.25) is 4.79 Å². The van der Waals surface area contributed by atoms with Crippen LogP contribution in [0.1, 0.15) is 23.6 Å². The van der Waals surface area contributed by atoms with E-state index < -0.39 is 0 Å². The Balaban J connectivity index is 2.37. The van der Waals surface area contributed by atoms with E-state index >= 15 is 0 Å². The predicted octanol–water partition coefficient (Wildman–Crippen LogP) is 1.72. The highest BCUT2D eigenvalue weighted by atomic mass is 32.1. The Hall–Kier alpha value is -1.31. The molecule has 1 aromatic heterocycles. The maximum Gasteiger partial charge on any atom is 0.237 e. The van der Waals surface area contributed by atoms with Crippen molar-refractivity contribution in [2.24, 2.45) is 0 Å². The van der Waals surface area contributed by atoms with E-state index in [-0.39, 0.29) is 24.5 Å². The van der Waals surface area contributed by atoms with Crippen LogP contribution in [0.4, 0.5) is 0 Å². The van der Waals surface area contributed by atoms with Crippen LogP contribution in [-0.4, -0.2) is 24.5 Å². The molecular weight excluding hydrogens is 244 g/mol. The van der Waals surface area contributed by atoms with Crippen molar-refractivity contribution in [1.82, 2.24) is 10.6 Å². The normalized spacial score (nSPS) is 13.7. The molecule has 98 valence electrons. The minimum Gasteiger partial charge on any atom is -0.344 e. The lowest BCUT2D eigenvalue weighted by atomic mass is 10.1. The summed E-state index contributed by atoms with van der Waals surface area (Å²) < 4.78 is 0. The first-order chi connectivity index (χ1) is 8.52. The molecule has 18 heavy (non-hydrogen) atoms. The summed E-state index contributed by atoms with van der Waals surface area (Å²) >= 11 is 1.80. The van der Waals surface area contributed by atoms with Crippen molar-refractivity contribution in [3.05, 3.63) is 21.9 Å². The minimum absolute atomic E-state index is 0.0536. The van der Waals surface area contributed by atoms with Crippen LogP contribution < -0.4 is 10.6 Å². The van der Waals surface area contributed by atoms with Crippen LogP contribution in [-0.2, 0) is 11.2 Å². The molecule has 0 radical (unpaired) electrons. The van der Waals surface area contributed by atoms with Gasteiger partial charge in [0.05, 0.1) is 12.6 Å². The highest BCUT2D eigenvalue weighted by Crippen LogP contribution is 2.16. The number of rotatable bonds is 6. The van der Waals surface area contributed by atoms with E-state index in [0.29, 0.717) is 0 Å². The molecule has 0 aliphatic heterocycles. The van der Waals surface area contributed by atoms with Crippen molar-refractivity contribution < 1.29 is 4.79 Å². The van der Waals surface area contributed by atoms with Crippen LogP contribution in [0.15, 0.2) is 12.1 Å². The quantitative estimate of drug-likeness (QED) is 0.768. The number of amides is 1. The van der Waals surface area contributed by atoms with E-state index in [9.17, 15) is 4.79 Å². The second-order valence-corrected chi connectivity index (χ2v) is 5.80. The summed E-state index contributed by atoms with van der Waals surface area (Å²) in [6.07, 6.45) is 6.03. The number of nitrogens with one attached hydrogen (secondary N) is 2. The van der Waals surface area contributed by atoms with Gasteiger partial charge >= 0.3 is 0 Å². The smallest absolute Gasteiger partial charge is 0.237 e. The van der Waals surface area contributed by atoms with Crippen LogP contribution in [0.2, 0.25) is 0 Å². The molecule has 0 spiro atoms. The molecule has 0 aliphatic carbocycles. The SMILES string of the molecule is C#CCNC(=O)C(C)NC(C)Cc1ccc(C)s1. The standard InChI is InChI=1S/C14H20N2OS/c1-5-8-15-14(17)12(4)16-10(2)9-13-7-6-11(3)18-13/h1,6-7,10,12,16H,8-9H2,2-4H3,(H,15,17). The summed E-state index contributed by atoms with van der Waals surface area (Å²) in [4.78, 5) is 14.3. The highest BCUT2D eigenvalue weighted by Gasteiger charge is 2.15. The average Bonchev–Trinajstić information content (AvgIpc) is 2.71. The molecule has 0 bridgehead atoms. The van der Waals surface area contributed by atoms with Crippen molar-refractivity contribution in [2.75, 3.05) is 6.54 Å². The van der Waals surface area contributed by atoms with Crippen LogP contribution in [0, 0.1) is 19.3 Å². The van der Waals surface area contributed by atoms with Crippen molar-refractivity contribution in [2.45, 2.75) is 39.3 Å². The third kappa shape index (κ3) is 4.91. The minimum atomic E-state index is -0.227. The summed E-state index contributed by atoms with van der Waals surface area (Å²) in [5.41, 5.74) is 0. The first-order valence-corrected chi connectivity index (χ1v) is 6.87. The molecule has 2 atom stereocenters. The zero-order valence-corrected chi connectivity index (χ0v) is 11.9. The number of thiophene rings is 1. The third-order valence-electron chi connectivity index (χ3n) is 2.60. The van der Waals surface area contributed by atoms with E-state index in [2.05, 4.69) is 42.5 Å². The second-order valence-electron chi connectivity index (χ2n) is 4.43. The van der Waals surface area contributed by atoms with Gasteiger partial charge in [-0.1, -0.05) is 5.92 Å². The van der Waals surface area contributed by atoms with Gasteiger partial charge in [-0.15, -0.1) is 17.8 Å². The predicted molar refractivity (Wildman–Crippen MR) is 76.7 cm³/mol. The molecular formula is C14H20N2OS. The van der Waals surface area contributed by atoms with Gasteiger partial charge in [0.2, 0.25) is 5.91 Å². The second kappa shape index (κ2) is 7.20. The number of hydrogen-bond acceptors (Lipinski definition) is 3. The lowest BCUT2D eigenvalue weighted by Gasteiger charge is -2.18. The Kier molecular flexibility index (Phi) is 5.90. The third-order valence-corrected chi connectivity index (χ3v) is 3.62. The van der Waals surface area contributed by atoms with Crippen molar-refractivity contribution in [1.29, 1.82) is 0 Å². The van der Waals surface area contributed by atoms with E-state index in [4.69, 9.17) is 6.42 Å². The lowest BCUT2D eigenvalue weighted by molar-refractivity contribution is -0.122. The molecule has 0 saturated heterocycles. The summed E-state index contributed by atoms with van der Waals surface area (Å²) in [6.45, 7) is 6.31. The van der Waals surface area contributed by atoms with Crippen LogP contribution in [0.5, 0.6) is 0 Å². The van der Waals surface area contributed by atoms with Crippen LogP contribution >= 0.6 is 11.3 Å². The Morgan fingerprint density at radius 1 is 1.50 bits per heavy atom. The molecule has 3 nitrogen and oxygen atoms in total. The fourth-order valence-electron chi connectivity index (χ4n) is 1.75. The average molecular weight is 264 g/mol. The summed E-state index contributed by atoms with van der Waals surface area (Å²) in [5, 5.41) is 5.94. The van der Waals surface area contributed by atoms with Gasteiger partial charge < -0.3 is 10.6 Å². The molecule has 1 aromatic rings. The van der Waals surface area contributed by atoms with E-state index in [1.807, 2.05) is 6.92 Å². The zero-order valence-electron chi connectivity index (χ0n) is 11.1. The van der Waals surface area contributed by atoms with Gasteiger partial charge in [0.1, 0.15) is 0 Å². The Bertz CT molecular complexity index is 433. The van der Waals surface area contributed by atoms with E-state index in [1.54, 1.807) is 11.3 Å². The van der Waals surface area contributed by atoms with Gasteiger partial charge in [-0.2, -0.15) is 0 Å². The maximum atomic E-state index is 11.6. The summed E-state index contributed by atoms with van der Waals surface area (Å²) in [6, 6.07) is 4.29. The highest BCUT2D eigenvalue weighted by molar-refractivity contribution is 7.11. The van der Waals surface area contributed by atoms with E-state index in [0.717, 1.165) is 6.42 Å². The lowest BCUT2D eigenvalue weighted by Crippen LogP contribution is -2.46. The first-order valence-electron chi connectivity index (χ1n) is 6.05. The molecule has 0 fully saturated rings. The Morgan fingerprint density at radius 3 is 2.78 bits per heavy atom. The van der Waals surface area contributed by atoms with Crippen molar-refractivity contribution in [3.63, 3.8) is 0 Å². The summed E-state index contributed by atoms with van der Waals surface area (Å²) in [5.74, 6) is 2.34. The molecule has 2 unspecified atom stereocenters. The number of terminal acetylenes is 1. The Morgan fingerprint density at radius 2 is 2.22 bits per heavy atom. The zero-order chi connectivity index (χ0) is 13.5. The first kappa shape index (κ1) is 14.7. The van der Waals surface area contributed by atoms with Crippen molar-refractivity contribution >= 4 is 17.2 Å². The molecule has 4 heteroatoms. The summed E-state index contributed by atoms with van der Waals surface area (Å²) in [7, 11) is 0. The van der Waals surface area contributed by atoms with Gasteiger partial charge in [-0.25, -0.2) is 0 Å². The Labute approximate surface area is 113 Å². The van der Waals surface area contributed by atoms with Crippen LogP contribution in [0.25, 0.3) is 0 Å². The number of hydrogen-bond donors (Lipinski definition) is 2. The largest absolute Gasteiger partial charge is 0.344 e. The number of carbonyl (C=O) groups excluding carboxylic acids is 1. The van der Waals surface area contributed by atoms with Gasteiger partial charge in [0.15, 0.2) is 0 Å². The van der Waals surface area contributed by atoms with Crippen molar-refractivity contribution in [3.8, 4) is 12.3 Å². The fraction of sp³-hybridized carbons (Fsp3) is 0.500. The molecule has 1 rings (SSSR count). The van der Waals surface area contributed by atoms with Crippen LogP contribution in [0.3, 0.4) is 0 Å². The molecule has 0 aromatic carbocycles. The number of carbonyl (C=O) groups is 1. The maximum absolute atomic E-state index is 11.6. The molecule has 0 aliphatic rings. The molecule has 1 amide bonds. The molecule has 0 saturated carbocycles. The molecule has 1 heterocycles. The molecule has 2 N–H and O–H groups in total. The van der Waals surface area contributed by atoms with E-state index in [1.165, 1.54) is 9.75 Å². The topological polar surface area (TPSA) is 41.1 Å². The van der Waals surface area contributed by atoms with Gasteiger partial charge in [0.25, 0.3) is 0 Å². The van der Waals surface area contributed by atoms with Gasteiger partial charge in [0, 0.05) is 15.8 Å².